The lowest BCUT2D eigenvalue weighted by Crippen LogP contribution is -2.46. The van der Waals surface area contributed by atoms with E-state index in [0.29, 0.717) is 22.5 Å². The minimum absolute atomic E-state index is 0.166. The molecule has 0 aromatic heterocycles. The van der Waals surface area contributed by atoms with Gasteiger partial charge in [-0.05, 0) is 55.2 Å². The van der Waals surface area contributed by atoms with E-state index < -0.39 is 6.04 Å². The summed E-state index contributed by atoms with van der Waals surface area (Å²) >= 11 is 5.94. The second-order valence-electron chi connectivity index (χ2n) is 7.88. The van der Waals surface area contributed by atoms with Gasteiger partial charge in [0.15, 0.2) is 0 Å². The third-order valence-corrected chi connectivity index (χ3v) is 6.79. The van der Waals surface area contributed by atoms with Crippen molar-refractivity contribution >= 4 is 35.0 Å². The summed E-state index contributed by atoms with van der Waals surface area (Å²) in [5.74, 6) is 0.150. The number of hydrogen-bond donors (Lipinski definition) is 1. The lowest BCUT2D eigenvalue weighted by atomic mass is 9.63. The molecule has 2 saturated carbocycles. The summed E-state index contributed by atoms with van der Waals surface area (Å²) in [5.41, 5.74) is 0.550. The summed E-state index contributed by atoms with van der Waals surface area (Å²) < 4.78 is 0. The highest BCUT2D eigenvalue weighted by molar-refractivity contribution is 6.30. The van der Waals surface area contributed by atoms with Gasteiger partial charge in [0.05, 0.1) is 11.8 Å². The Kier molecular flexibility index (Phi) is 3.35. The normalized spacial score (nSPS) is 37.4. The SMILES string of the molecule is C[C@H](C(=O)Nc1cccc(Cl)c1)N1C(=O)[C@@H]2[C@H]3C=C[C@@H]([C@@H]4C[C@H]34)[C@@H]2C1=O. The van der Waals surface area contributed by atoms with Crippen molar-refractivity contribution in [2.45, 2.75) is 19.4 Å². The van der Waals surface area contributed by atoms with Crippen LogP contribution in [0.2, 0.25) is 5.02 Å². The summed E-state index contributed by atoms with van der Waals surface area (Å²) in [6.45, 7) is 1.61. The molecular formula is C20H19ClN2O3. The first-order valence-corrected chi connectivity index (χ1v) is 9.47. The van der Waals surface area contributed by atoms with Gasteiger partial charge in [0.25, 0.3) is 0 Å². The Labute approximate surface area is 156 Å². The van der Waals surface area contributed by atoms with Crippen LogP contribution >= 0.6 is 11.6 Å². The minimum atomic E-state index is -0.838. The number of likely N-dealkylation sites (tertiary alicyclic amines) is 1. The Morgan fingerprint density at radius 3 is 2.35 bits per heavy atom. The summed E-state index contributed by atoms with van der Waals surface area (Å²) in [6, 6.07) is 5.97. The number of nitrogens with one attached hydrogen (secondary N) is 1. The number of hydrogen-bond acceptors (Lipinski definition) is 3. The van der Waals surface area contributed by atoms with Gasteiger partial charge in [-0.2, -0.15) is 0 Å². The monoisotopic (exact) mass is 370 g/mol. The van der Waals surface area contributed by atoms with Gasteiger partial charge in [-0.15, -0.1) is 0 Å². The van der Waals surface area contributed by atoms with Crippen molar-refractivity contribution in [3.8, 4) is 0 Å². The molecule has 7 atom stereocenters. The minimum Gasteiger partial charge on any atom is -0.324 e. The molecule has 1 heterocycles. The van der Waals surface area contributed by atoms with Gasteiger partial charge in [0, 0.05) is 10.7 Å². The average Bonchev–Trinajstić information content (AvgIpc) is 3.39. The molecule has 0 radical (unpaired) electrons. The maximum atomic E-state index is 13.0. The fourth-order valence-corrected chi connectivity index (χ4v) is 5.48. The molecule has 0 unspecified atom stereocenters. The van der Waals surface area contributed by atoms with E-state index in [0.717, 1.165) is 6.42 Å². The molecule has 26 heavy (non-hydrogen) atoms. The van der Waals surface area contributed by atoms with Crippen molar-refractivity contribution in [2.24, 2.45) is 35.5 Å². The highest BCUT2D eigenvalue weighted by atomic mass is 35.5. The van der Waals surface area contributed by atoms with Crippen LogP contribution in [0.15, 0.2) is 36.4 Å². The average molecular weight is 371 g/mol. The predicted octanol–water partition coefficient (Wildman–Crippen LogP) is 2.72. The van der Waals surface area contributed by atoms with E-state index in [1.54, 1.807) is 31.2 Å². The Balaban J connectivity index is 1.38. The number of allylic oxidation sites excluding steroid dienone is 2. The molecule has 4 aliphatic carbocycles. The zero-order valence-electron chi connectivity index (χ0n) is 14.3. The smallest absolute Gasteiger partial charge is 0.247 e. The number of benzene rings is 1. The molecule has 5 aliphatic rings. The topological polar surface area (TPSA) is 66.5 Å². The first kappa shape index (κ1) is 16.1. The Hall–Kier alpha value is -2.14. The third-order valence-electron chi connectivity index (χ3n) is 6.56. The van der Waals surface area contributed by atoms with Crippen molar-refractivity contribution in [3.63, 3.8) is 0 Å². The zero-order chi connectivity index (χ0) is 18.2. The standard InChI is InChI=1S/C20H19ClN2O3/c1-9(18(24)22-11-4-2-3-10(21)7-11)23-19(25)16-12-5-6-13(15-8-14(12)15)17(16)20(23)26/h2-7,9,12-17H,8H2,1H3,(H,22,24)/t9-,12+,13+,14-,15+,16-,17+/m1/s1. The van der Waals surface area contributed by atoms with Crippen molar-refractivity contribution in [2.75, 3.05) is 5.32 Å². The zero-order valence-corrected chi connectivity index (χ0v) is 15.0. The van der Waals surface area contributed by atoms with Crippen LogP contribution in [0.3, 0.4) is 0 Å². The van der Waals surface area contributed by atoms with Crippen LogP contribution in [-0.4, -0.2) is 28.7 Å². The van der Waals surface area contributed by atoms with E-state index in [4.69, 9.17) is 11.6 Å². The number of rotatable bonds is 3. The molecule has 1 saturated heterocycles. The third kappa shape index (κ3) is 2.13. The number of carbonyl (C=O) groups excluding carboxylic acids is 3. The lowest BCUT2D eigenvalue weighted by Gasteiger charge is -2.37. The molecule has 6 rings (SSSR count). The molecule has 3 fully saturated rings. The second kappa shape index (κ2) is 5.43. The van der Waals surface area contributed by atoms with Crippen LogP contribution in [0.25, 0.3) is 0 Å². The van der Waals surface area contributed by atoms with Crippen LogP contribution in [0, 0.1) is 35.5 Å². The first-order chi connectivity index (χ1) is 12.5. The number of imide groups is 1. The van der Waals surface area contributed by atoms with Crippen molar-refractivity contribution in [3.05, 3.63) is 41.4 Å². The summed E-state index contributed by atoms with van der Waals surface area (Å²) in [4.78, 5) is 39.9. The lowest BCUT2D eigenvalue weighted by molar-refractivity contribution is -0.146. The number of amides is 3. The van der Waals surface area contributed by atoms with E-state index >= 15 is 0 Å². The van der Waals surface area contributed by atoms with Crippen LogP contribution in [-0.2, 0) is 14.4 Å². The molecule has 1 N–H and O–H groups in total. The van der Waals surface area contributed by atoms with E-state index in [-0.39, 0.29) is 41.4 Å². The highest BCUT2D eigenvalue weighted by Gasteiger charge is 2.67. The Morgan fingerprint density at radius 2 is 1.77 bits per heavy atom. The molecule has 1 aliphatic heterocycles. The largest absolute Gasteiger partial charge is 0.324 e. The molecule has 1 aromatic carbocycles. The molecule has 134 valence electrons. The second-order valence-corrected chi connectivity index (χ2v) is 8.31. The van der Waals surface area contributed by atoms with Crippen molar-refractivity contribution in [1.29, 1.82) is 0 Å². The Bertz CT molecular complexity index is 830. The number of nitrogens with zero attached hydrogens (tertiary/aromatic N) is 1. The number of halogens is 1. The number of carbonyl (C=O) groups is 3. The van der Waals surface area contributed by atoms with E-state index in [2.05, 4.69) is 17.5 Å². The molecule has 6 heteroatoms. The van der Waals surface area contributed by atoms with Gasteiger partial charge in [0.1, 0.15) is 6.04 Å². The van der Waals surface area contributed by atoms with Crippen LogP contribution in [0.4, 0.5) is 5.69 Å². The number of anilines is 1. The highest BCUT2D eigenvalue weighted by Crippen LogP contribution is 2.65. The van der Waals surface area contributed by atoms with Gasteiger partial charge in [-0.25, -0.2) is 0 Å². The first-order valence-electron chi connectivity index (χ1n) is 9.09. The van der Waals surface area contributed by atoms with E-state index in [1.165, 1.54) is 4.90 Å². The predicted molar refractivity (Wildman–Crippen MR) is 96.1 cm³/mol. The molecule has 0 spiro atoms. The summed E-state index contributed by atoms with van der Waals surface area (Å²) in [7, 11) is 0. The quantitative estimate of drug-likeness (QED) is 0.657. The molecule has 3 amide bonds. The fourth-order valence-electron chi connectivity index (χ4n) is 5.29. The van der Waals surface area contributed by atoms with Gasteiger partial charge in [-0.3, -0.25) is 19.3 Å². The van der Waals surface area contributed by atoms with Gasteiger partial charge in [-0.1, -0.05) is 29.8 Å². The van der Waals surface area contributed by atoms with Gasteiger partial charge < -0.3 is 5.32 Å². The van der Waals surface area contributed by atoms with Crippen molar-refractivity contribution in [1.82, 2.24) is 4.90 Å². The van der Waals surface area contributed by atoms with E-state index in [9.17, 15) is 14.4 Å². The van der Waals surface area contributed by atoms with Crippen LogP contribution < -0.4 is 5.32 Å². The molecular weight excluding hydrogens is 352 g/mol. The summed E-state index contributed by atoms with van der Waals surface area (Å²) in [5, 5.41) is 3.26. The Morgan fingerprint density at radius 1 is 1.15 bits per heavy atom. The summed E-state index contributed by atoms with van der Waals surface area (Å²) in [6.07, 6.45) is 5.39. The van der Waals surface area contributed by atoms with Gasteiger partial charge in [0.2, 0.25) is 17.7 Å². The van der Waals surface area contributed by atoms with E-state index in [1.807, 2.05) is 0 Å². The van der Waals surface area contributed by atoms with Crippen LogP contribution in [0.5, 0.6) is 0 Å². The molecule has 1 aromatic rings. The van der Waals surface area contributed by atoms with Crippen molar-refractivity contribution < 1.29 is 14.4 Å². The maximum absolute atomic E-state index is 13.0. The van der Waals surface area contributed by atoms with Crippen LogP contribution in [0.1, 0.15) is 13.3 Å². The maximum Gasteiger partial charge on any atom is 0.247 e. The van der Waals surface area contributed by atoms with Gasteiger partial charge >= 0.3 is 0 Å². The fraction of sp³-hybridized carbons (Fsp3) is 0.450. The molecule has 2 bridgehead atoms. The molecule has 5 nitrogen and oxygen atoms in total.